The van der Waals surface area contributed by atoms with E-state index in [1.807, 2.05) is 13.8 Å². The summed E-state index contributed by atoms with van der Waals surface area (Å²) in [5, 5.41) is 0. The van der Waals surface area contributed by atoms with Crippen LogP contribution in [-0.2, 0) is 9.53 Å². The summed E-state index contributed by atoms with van der Waals surface area (Å²) in [7, 11) is 0. The summed E-state index contributed by atoms with van der Waals surface area (Å²) in [6.45, 7) is 4.51. The van der Waals surface area contributed by atoms with Gasteiger partial charge in [0, 0.05) is 0 Å². The van der Waals surface area contributed by atoms with Crippen LogP contribution in [0.15, 0.2) is 0 Å². The quantitative estimate of drug-likeness (QED) is 0.507. The van der Waals surface area contributed by atoms with Crippen LogP contribution in [0.4, 0.5) is 0 Å². The molecule has 2 heterocycles. The van der Waals surface area contributed by atoms with Crippen LogP contribution in [0.2, 0.25) is 0 Å². The topological polar surface area (TPSA) is 55.6 Å². The van der Waals surface area contributed by atoms with E-state index in [2.05, 4.69) is 0 Å². The highest BCUT2D eigenvalue weighted by Crippen LogP contribution is 2.35. The number of ether oxygens (including phenoxy) is 1. The molecule has 0 aromatic rings. The second-order valence-electron chi connectivity index (χ2n) is 3.89. The van der Waals surface area contributed by atoms with Crippen molar-refractivity contribution >= 4 is 5.91 Å². The molecule has 0 spiro atoms. The fourth-order valence-electron chi connectivity index (χ4n) is 2.04. The molecule has 0 aromatic carbocycles. The molecule has 1 amide bonds. The Kier molecular flexibility index (Phi) is 1.47. The van der Waals surface area contributed by atoms with Crippen molar-refractivity contribution in [2.24, 2.45) is 5.73 Å². The van der Waals surface area contributed by atoms with E-state index in [-0.39, 0.29) is 18.0 Å². The second kappa shape index (κ2) is 2.20. The van der Waals surface area contributed by atoms with E-state index < -0.39 is 5.72 Å². The number of fused-ring (bicyclic) bond motifs is 1. The van der Waals surface area contributed by atoms with Crippen molar-refractivity contribution in [2.75, 3.05) is 6.61 Å². The zero-order valence-corrected chi connectivity index (χ0v) is 7.41. The number of nitrogens with two attached hydrogens (primary N) is 1. The van der Waals surface area contributed by atoms with Crippen molar-refractivity contribution in [3.8, 4) is 0 Å². The molecule has 2 fully saturated rings. The average Bonchev–Trinajstić information content (AvgIpc) is 2.01. The maximum absolute atomic E-state index is 11.3. The first-order chi connectivity index (χ1) is 5.54. The van der Waals surface area contributed by atoms with Crippen molar-refractivity contribution in [3.05, 3.63) is 0 Å². The van der Waals surface area contributed by atoms with E-state index in [9.17, 15) is 4.79 Å². The number of rotatable bonds is 0. The van der Waals surface area contributed by atoms with Crippen LogP contribution in [0.1, 0.15) is 20.3 Å². The van der Waals surface area contributed by atoms with Gasteiger partial charge >= 0.3 is 0 Å². The fourth-order valence-corrected chi connectivity index (χ4v) is 2.04. The molecule has 4 heteroatoms. The van der Waals surface area contributed by atoms with Crippen LogP contribution in [0.25, 0.3) is 0 Å². The molecule has 0 saturated carbocycles. The Morgan fingerprint density at radius 2 is 2.33 bits per heavy atom. The monoisotopic (exact) mass is 170 g/mol. The molecule has 4 nitrogen and oxygen atoms in total. The summed E-state index contributed by atoms with van der Waals surface area (Å²) in [4.78, 5) is 13.1. The number of hydrogen-bond acceptors (Lipinski definition) is 3. The highest BCUT2D eigenvalue weighted by molar-refractivity contribution is 5.89. The highest BCUT2D eigenvalue weighted by Gasteiger charge is 2.53. The Morgan fingerprint density at radius 3 is 2.92 bits per heavy atom. The molecule has 2 aliphatic heterocycles. The standard InChI is InChI=1S/C8H14N2O2/c1-8(2)10-5(3-4-12-8)6(9)7(10)11/h5-6H,3-4,9H2,1-2H3/t5-,6+/m1/s1. The Balaban J connectivity index is 2.20. The Bertz CT molecular complexity index is 227. The molecular weight excluding hydrogens is 156 g/mol. The third kappa shape index (κ3) is 0.820. The largest absolute Gasteiger partial charge is 0.356 e. The van der Waals surface area contributed by atoms with E-state index >= 15 is 0 Å². The molecule has 0 radical (unpaired) electrons. The van der Waals surface area contributed by atoms with Gasteiger partial charge in [-0.25, -0.2) is 0 Å². The maximum Gasteiger partial charge on any atom is 0.244 e. The molecule has 0 bridgehead atoms. The van der Waals surface area contributed by atoms with Gasteiger partial charge in [-0.1, -0.05) is 0 Å². The zero-order chi connectivity index (χ0) is 8.93. The average molecular weight is 170 g/mol. The predicted molar refractivity (Wildman–Crippen MR) is 43.3 cm³/mol. The minimum atomic E-state index is -0.449. The van der Waals surface area contributed by atoms with Gasteiger partial charge < -0.3 is 15.4 Å². The van der Waals surface area contributed by atoms with Gasteiger partial charge in [0.25, 0.3) is 0 Å². The SMILES string of the molecule is CC1(C)OCC[C@@H]2[C@H](N)C(=O)N21. The third-order valence-electron chi connectivity index (χ3n) is 2.72. The van der Waals surface area contributed by atoms with Crippen molar-refractivity contribution < 1.29 is 9.53 Å². The summed E-state index contributed by atoms with van der Waals surface area (Å²) in [5.41, 5.74) is 5.20. The lowest BCUT2D eigenvalue weighted by Gasteiger charge is -2.56. The molecule has 2 N–H and O–H groups in total. The van der Waals surface area contributed by atoms with Gasteiger partial charge in [0.15, 0.2) is 0 Å². The summed E-state index contributed by atoms with van der Waals surface area (Å²) in [5.74, 6) is 0.0182. The van der Waals surface area contributed by atoms with Gasteiger partial charge in [0.05, 0.1) is 12.6 Å². The molecule has 0 aromatic heterocycles. The van der Waals surface area contributed by atoms with E-state index in [1.54, 1.807) is 4.90 Å². The lowest BCUT2D eigenvalue weighted by molar-refractivity contribution is -0.223. The van der Waals surface area contributed by atoms with Gasteiger partial charge in [0.2, 0.25) is 5.91 Å². The van der Waals surface area contributed by atoms with Gasteiger partial charge in [-0.05, 0) is 20.3 Å². The molecule has 68 valence electrons. The molecule has 2 rings (SSSR count). The Hall–Kier alpha value is -0.610. The lowest BCUT2D eigenvalue weighted by atomic mass is 9.88. The first-order valence-corrected chi connectivity index (χ1v) is 4.27. The summed E-state index contributed by atoms with van der Waals surface area (Å²) >= 11 is 0. The first-order valence-electron chi connectivity index (χ1n) is 4.27. The molecular formula is C8H14N2O2. The van der Waals surface area contributed by atoms with Gasteiger partial charge in [-0.2, -0.15) is 0 Å². The smallest absolute Gasteiger partial charge is 0.244 e. The van der Waals surface area contributed by atoms with E-state index in [4.69, 9.17) is 10.5 Å². The van der Waals surface area contributed by atoms with Crippen molar-refractivity contribution in [1.29, 1.82) is 0 Å². The number of hydrogen-bond donors (Lipinski definition) is 1. The van der Waals surface area contributed by atoms with Crippen LogP contribution in [0.3, 0.4) is 0 Å². The minimum absolute atomic E-state index is 0.0182. The maximum atomic E-state index is 11.3. The third-order valence-corrected chi connectivity index (χ3v) is 2.72. The van der Waals surface area contributed by atoms with Crippen molar-refractivity contribution in [2.45, 2.75) is 38.1 Å². The predicted octanol–water partition coefficient (Wildman–Crippen LogP) is -0.319. The summed E-state index contributed by atoms with van der Waals surface area (Å²) < 4.78 is 5.47. The van der Waals surface area contributed by atoms with Crippen molar-refractivity contribution in [1.82, 2.24) is 4.90 Å². The molecule has 2 aliphatic rings. The number of carbonyl (C=O) groups is 1. The molecule has 0 aliphatic carbocycles. The number of carbonyl (C=O) groups excluding carboxylic acids is 1. The summed E-state index contributed by atoms with van der Waals surface area (Å²) in [6, 6.07) is -0.0746. The van der Waals surface area contributed by atoms with Crippen LogP contribution >= 0.6 is 0 Å². The van der Waals surface area contributed by atoms with E-state index in [0.29, 0.717) is 6.61 Å². The van der Waals surface area contributed by atoms with Gasteiger partial charge in [0.1, 0.15) is 11.8 Å². The fraction of sp³-hybridized carbons (Fsp3) is 0.875. The minimum Gasteiger partial charge on any atom is -0.356 e. The molecule has 2 saturated heterocycles. The van der Waals surface area contributed by atoms with E-state index in [1.165, 1.54) is 0 Å². The number of amides is 1. The van der Waals surface area contributed by atoms with Crippen LogP contribution < -0.4 is 5.73 Å². The van der Waals surface area contributed by atoms with Gasteiger partial charge in [-0.15, -0.1) is 0 Å². The van der Waals surface area contributed by atoms with Crippen LogP contribution in [0.5, 0.6) is 0 Å². The Morgan fingerprint density at radius 1 is 1.67 bits per heavy atom. The number of β-lactam (4-membered cyclic amide) rings is 1. The normalized spacial score (nSPS) is 38.9. The van der Waals surface area contributed by atoms with Crippen molar-refractivity contribution in [3.63, 3.8) is 0 Å². The second-order valence-corrected chi connectivity index (χ2v) is 3.89. The van der Waals surface area contributed by atoms with E-state index in [0.717, 1.165) is 6.42 Å². The lowest BCUT2D eigenvalue weighted by Crippen LogP contribution is -2.76. The molecule has 2 atom stereocenters. The molecule has 12 heavy (non-hydrogen) atoms. The Labute approximate surface area is 71.7 Å². The summed E-state index contributed by atoms with van der Waals surface area (Å²) in [6.07, 6.45) is 0.871. The van der Waals surface area contributed by atoms with Crippen LogP contribution in [-0.4, -0.2) is 35.2 Å². The first kappa shape index (κ1) is 8.01. The zero-order valence-electron chi connectivity index (χ0n) is 7.41. The van der Waals surface area contributed by atoms with Crippen LogP contribution in [0, 0.1) is 0 Å². The number of nitrogens with zero attached hydrogens (tertiary/aromatic N) is 1. The molecule has 0 unspecified atom stereocenters. The highest BCUT2D eigenvalue weighted by atomic mass is 16.5. The van der Waals surface area contributed by atoms with Gasteiger partial charge in [-0.3, -0.25) is 4.79 Å².